The number of para-hydroxylation sites is 1. The zero-order valence-corrected chi connectivity index (χ0v) is 7.88. The highest BCUT2D eigenvalue weighted by Crippen LogP contribution is 2.40. The van der Waals surface area contributed by atoms with Gasteiger partial charge < -0.3 is 4.74 Å². The minimum absolute atomic E-state index is 0.727. The lowest BCUT2D eigenvalue weighted by molar-refractivity contribution is 0.325. The van der Waals surface area contributed by atoms with Crippen LogP contribution in [0.4, 0.5) is 0 Å². The number of ether oxygens (including phenoxy) is 1. The van der Waals surface area contributed by atoms with E-state index in [-0.39, 0.29) is 0 Å². The number of hydrogen-bond donors (Lipinski definition) is 0. The molecule has 0 N–H and O–H groups in total. The second kappa shape index (κ2) is 3.40. The smallest absolute Gasteiger partial charge is 0.119 e. The van der Waals surface area contributed by atoms with Crippen LogP contribution in [0, 0.1) is 0 Å². The maximum Gasteiger partial charge on any atom is 0.119 e. The van der Waals surface area contributed by atoms with Crippen molar-refractivity contribution in [2.75, 3.05) is 6.61 Å². The molecular formula is C10H12OS. The van der Waals surface area contributed by atoms with Crippen molar-refractivity contribution in [1.29, 1.82) is 0 Å². The zero-order chi connectivity index (χ0) is 8.39. The summed E-state index contributed by atoms with van der Waals surface area (Å²) in [5, 5.41) is 1.53. The van der Waals surface area contributed by atoms with Crippen LogP contribution in [-0.4, -0.2) is 17.1 Å². The fraction of sp³-hybridized carbons (Fsp3) is 0.400. The third-order valence-electron chi connectivity index (χ3n) is 1.99. The van der Waals surface area contributed by atoms with E-state index in [2.05, 4.69) is 6.92 Å². The summed E-state index contributed by atoms with van der Waals surface area (Å²) in [4.78, 5) is 0. The summed E-state index contributed by atoms with van der Waals surface area (Å²) < 4.78 is 5.58. The van der Waals surface area contributed by atoms with E-state index in [0.717, 1.165) is 22.9 Å². The van der Waals surface area contributed by atoms with Crippen molar-refractivity contribution in [3.63, 3.8) is 0 Å². The molecule has 1 saturated heterocycles. The molecule has 1 aliphatic rings. The number of thioether (sulfide) groups is 1. The minimum Gasteiger partial charge on any atom is -0.492 e. The fourth-order valence-corrected chi connectivity index (χ4v) is 1.79. The Morgan fingerprint density at radius 2 is 2.00 bits per heavy atom. The first-order chi connectivity index (χ1) is 5.86. The first-order valence-corrected chi connectivity index (χ1v) is 5.14. The molecule has 1 aromatic carbocycles. The summed E-state index contributed by atoms with van der Waals surface area (Å²) in [6.45, 7) is 3.10. The van der Waals surface area contributed by atoms with Gasteiger partial charge in [0, 0.05) is 5.25 Å². The zero-order valence-electron chi connectivity index (χ0n) is 7.07. The molecule has 2 rings (SSSR count). The molecule has 1 nitrogen and oxygen atoms in total. The van der Waals surface area contributed by atoms with E-state index in [1.807, 2.05) is 42.1 Å². The molecule has 64 valence electrons. The van der Waals surface area contributed by atoms with Crippen LogP contribution >= 0.6 is 11.8 Å². The number of benzene rings is 1. The van der Waals surface area contributed by atoms with Crippen molar-refractivity contribution in [2.45, 2.75) is 17.4 Å². The molecule has 0 saturated carbocycles. The SMILES string of the molecule is C[C@@H]1S[C@H]1COc1ccccc1. The molecule has 1 aliphatic heterocycles. The van der Waals surface area contributed by atoms with Crippen molar-refractivity contribution in [3.05, 3.63) is 30.3 Å². The predicted octanol–water partition coefficient (Wildman–Crippen LogP) is 2.57. The van der Waals surface area contributed by atoms with Crippen LogP contribution in [-0.2, 0) is 0 Å². The van der Waals surface area contributed by atoms with Crippen molar-refractivity contribution in [1.82, 2.24) is 0 Å². The molecular weight excluding hydrogens is 168 g/mol. The standard InChI is InChI=1S/C10H12OS/c1-8-10(12-8)7-11-9-5-3-2-4-6-9/h2-6,8,10H,7H2,1H3/t8-,10-/m0/s1. The Balaban J connectivity index is 1.80. The summed E-state index contributed by atoms with van der Waals surface area (Å²) in [6, 6.07) is 9.99. The van der Waals surface area contributed by atoms with Gasteiger partial charge in [-0.05, 0) is 12.1 Å². The average Bonchev–Trinajstić information content (AvgIpc) is 2.81. The molecule has 0 unspecified atom stereocenters. The van der Waals surface area contributed by atoms with Gasteiger partial charge in [-0.1, -0.05) is 25.1 Å². The van der Waals surface area contributed by atoms with Gasteiger partial charge in [0.05, 0.1) is 5.25 Å². The molecule has 12 heavy (non-hydrogen) atoms. The lowest BCUT2D eigenvalue weighted by Crippen LogP contribution is -2.05. The topological polar surface area (TPSA) is 9.23 Å². The van der Waals surface area contributed by atoms with Gasteiger partial charge >= 0.3 is 0 Å². The van der Waals surface area contributed by atoms with Gasteiger partial charge in [-0.2, -0.15) is 0 Å². The van der Waals surface area contributed by atoms with Gasteiger partial charge in [-0.3, -0.25) is 0 Å². The second-order valence-corrected chi connectivity index (χ2v) is 4.62. The largest absolute Gasteiger partial charge is 0.492 e. The molecule has 1 aromatic rings. The fourth-order valence-electron chi connectivity index (χ4n) is 1.10. The van der Waals surface area contributed by atoms with Crippen molar-refractivity contribution < 1.29 is 4.74 Å². The molecule has 0 spiro atoms. The maximum atomic E-state index is 5.58. The second-order valence-electron chi connectivity index (χ2n) is 3.00. The molecule has 1 fully saturated rings. The lowest BCUT2D eigenvalue weighted by Gasteiger charge is -2.02. The highest BCUT2D eigenvalue weighted by Gasteiger charge is 2.34. The summed E-state index contributed by atoms with van der Waals surface area (Å²) in [7, 11) is 0. The summed E-state index contributed by atoms with van der Waals surface area (Å²) in [5.41, 5.74) is 0. The highest BCUT2D eigenvalue weighted by molar-refractivity contribution is 8.07. The molecule has 0 bridgehead atoms. The van der Waals surface area contributed by atoms with Gasteiger partial charge in [-0.15, -0.1) is 11.8 Å². The monoisotopic (exact) mass is 180 g/mol. The van der Waals surface area contributed by atoms with E-state index < -0.39 is 0 Å². The van der Waals surface area contributed by atoms with Gasteiger partial charge in [0.2, 0.25) is 0 Å². The molecule has 2 atom stereocenters. The minimum atomic E-state index is 0.727. The Labute approximate surface area is 77.1 Å². The maximum absolute atomic E-state index is 5.58. The Morgan fingerprint density at radius 3 is 2.58 bits per heavy atom. The third kappa shape index (κ3) is 1.95. The lowest BCUT2D eigenvalue weighted by atomic mass is 10.3. The molecule has 2 heteroatoms. The van der Waals surface area contributed by atoms with Crippen LogP contribution in [0.3, 0.4) is 0 Å². The summed E-state index contributed by atoms with van der Waals surface area (Å²) >= 11 is 1.99. The van der Waals surface area contributed by atoms with E-state index in [4.69, 9.17) is 4.74 Å². The van der Waals surface area contributed by atoms with Crippen LogP contribution < -0.4 is 4.74 Å². The van der Waals surface area contributed by atoms with Crippen LogP contribution in [0.5, 0.6) is 5.75 Å². The van der Waals surface area contributed by atoms with E-state index in [9.17, 15) is 0 Å². The molecule has 0 radical (unpaired) electrons. The predicted molar refractivity (Wildman–Crippen MR) is 52.8 cm³/mol. The van der Waals surface area contributed by atoms with Crippen molar-refractivity contribution >= 4 is 11.8 Å². The van der Waals surface area contributed by atoms with Gasteiger partial charge in [0.1, 0.15) is 12.4 Å². The Kier molecular flexibility index (Phi) is 2.26. The molecule has 0 aromatic heterocycles. The van der Waals surface area contributed by atoms with Gasteiger partial charge in [0.25, 0.3) is 0 Å². The van der Waals surface area contributed by atoms with E-state index in [0.29, 0.717) is 0 Å². The van der Waals surface area contributed by atoms with E-state index in [1.165, 1.54) is 0 Å². The third-order valence-corrected chi connectivity index (χ3v) is 3.33. The first kappa shape index (κ1) is 7.99. The summed E-state index contributed by atoms with van der Waals surface area (Å²) in [6.07, 6.45) is 0. The summed E-state index contributed by atoms with van der Waals surface area (Å²) in [5.74, 6) is 0.984. The van der Waals surface area contributed by atoms with Crippen LogP contribution in [0.1, 0.15) is 6.92 Å². The quantitative estimate of drug-likeness (QED) is 0.661. The first-order valence-electron chi connectivity index (χ1n) is 4.19. The van der Waals surface area contributed by atoms with Crippen LogP contribution in [0.2, 0.25) is 0 Å². The highest BCUT2D eigenvalue weighted by atomic mass is 32.2. The van der Waals surface area contributed by atoms with Gasteiger partial charge in [0.15, 0.2) is 0 Å². The molecule has 0 amide bonds. The van der Waals surface area contributed by atoms with Crippen LogP contribution in [0.15, 0.2) is 30.3 Å². The van der Waals surface area contributed by atoms with Crippen molar-refractivity contribution in [3.8, 4) is 5.75 Å². The van der Waals surface area contributed by atoms with E-state index in [1.54, 1.807) is 0 Å². The molecule has 1 heterocycles. The van der Waals surface area contributed by atoms with Gasteiger partial charge in [-0.25, -0.2) is 0 Å². The number of rotatable bonds is 3. The average molecular weight is 180 g/mol. The Morgan fingerprint density at radius 1 is 1.33 bits per heavy atom. The Bertz CT molecular complexity index is 247. The normalized spacial score (nSPS) is 26.8. The Hall–Kier alpha value is -0.630. The molecule has 0 aliphatic carbocycles. The van der Waals surface area contributed by atoms with Crippen molar-refractivity contribution in [2.24, 2.45) is 0 Å². The number of hydrogen-bond acceptors (Lipinski definition) is 2. The van der Waals surface area contributed by atoms with Crippen LogP contribution in [0.25, 0.3) is 0 Å². The van der Waals surface area contributed by atoms with E-state index >= 15 is 0 Å².